The Hall–Kier alpha value is -1.27. The van der Waals surface area contributed by atoms with Gasteiger partial charge < -0.3 is 0 Å². The van der Waals surface area contributed by atoms with Gasteiger partial charge in [-0.25, -0.2) is 8.42 Å². The maximum Gasteiger partial charge on any atom is 0.265 e. The molecule has 0 amide bonds. The molecule has 8 heteroatoms. The third-order valence-electron chi connectivity index (χ3n) is 3.14. The van der Waals surface area contributed by atoms with Crippen LogP contribution in [0.1, 0.15) is 6.92 Å². The molecule has 0 fully saturated rings. The van der Waals surface area contributed by atoms with E-state index in [-0.39, 0.29) is 20.6 Å². The summed E-state index contributed by atoms with van der Waals surface area (Å²) in [6.45, 7) is 1.37. The first kappa shape index (κ1) is 18.1. The number of benzene rings is 2. The average molecular weight is 393 g/mol. The number of hydrogen-bond acceptors (Lipinski definition) is 3. The molecule has 122 valence electrons. The molecule has 4 nitrogen and oxygen atoms in total. The zero-order valence-corrected chi connectivity index (χ0v) is 15.0. The lowest BCUT2D eigenvalue weighted by Crippen LogP contribution is -2.42. The summed E-state index contributed by atoms with van der Waals surface area (Å²) in [4.78, 5) is 11.6. The summed E-state index contributed by atoms with van der Waals surface area (Å²) in [6.07, 6.45) is 0. The number of hydrogen-bond donors (Lipinski definition) is 0. The zero-order valence-electron chi connectivity index (χ0n) is 11.9. The maximum absolute atomic E-state index is 13.0. The molecular weight excluding hydrogens is 381 g/mol. The van der Waals surface area contributed by atoms with Crippen LogP contribution in [0.15, 0.2) is 53.4 Å². The summed E-state index contributed by atoms with van der Waals surface area (Å²) in [5.41, 5.74) is 0.0150. The van der Waals surface area contributed by atoms with Crippen LogP contribution in [0, 0.1) is 0 Å². The molecule has 0 radical (unpaired) electrons. The molecule has 0 bridgehead atoms. The molecular formula is C15H12Cl3NO3S. The smallest absolute Gasteiger partial charge is 0.265 e. The highest BCUT2D eigenvalue weighted by atomic mass is 35.5. The van der Waals surface area contributed by atoms with Gasteiger partial charge in [0.25, 0.3) is 10.0 Å². The van der Waals surface area contributed by atoms with Gasteiger partial charge in [-0.05, 0) is 42.8 Å². The van der Waals surface area contributed by atoms with Gasteiger partial charge in [-0.15, -0.1) is 0 Å². The Balaban J connectivity index is 2.72. The van der Waals surface area contributed by atoms with Crippen molar-refractivity contribution in [2.45, 2.75) is 17.9 Å². The molecule has 2 rings (SSSR count). The number of anilines is 1. The number of carbonyl (C=O) groups excluding carboxylic acids is 1. The first-order valence-electron chi connectivity index (χ1n) is 6.49. The van der Waals surface area contributed by atoms with Crippen LogP contribution in [-0.4, -0.2) is 19.7 Å². The second-order valence-electron chi connectivity index (χ2n) is 4.66. The van der Waals surface area contributed by atoms with E-state index in [0.717, 1.165) is 4.31 Å². The van der Waals surface area contributed by atoms with Gasteiger partial charge in [0, 0.05) is 0 Å². The van der Waals surface area contributed by atoms with Crippen LogP contribution in [-0.2, 0) is 14.8 Å². The number of nitrogens with zero attached hydrogens (tertiary/aromatic N) is 1. The van der Waals surface area contributed by atoms with Crippen molar-refractivity contribution in [3.05, 3.63) is 58.6 Å². The minimum Gasteiger partial charge on any atom is -0.279 e. The molecule has 1 unspecified atom stereocenters. The lowest BCUT2D eigenvalue weighted by Gasteiger charge is -2.29. The quantitative estimate of drug-likeness (QED) is 0.711. The van der Waals surface area contributed by atoms with Gasteiger partial charge in [-0.1, -0.05) is 47.5 Å². The van der Waals surface area contributed by atoms with Crippen LogP contribution in [0.4, 0.5) is 5.69 Å². The Bertz CT molecular complexity index is 805. The van der Waals surface area contributed by atoms with E-state index < -0.39 is 21.3 Å². The summed E-state index contributed by atoms with van der Waals surface area (Å²) < 4.78 is 26.8. The van der Waals surface area contributed by atoms with Crippen LogP contribution in [0.5, 0.6) is 0 Å². The molecule has 0 aliphatic heterocycles. The number of carbonyl (C=O) groups is 1. The highest BCUT2D eigenvalue weighted by molar-refractivity contribution is 7.93. The topological polar surface area (TPSA) is 54.5 Å². The Labute approximate surface area is 149 Å². The van der Waals surface area contributed by atoms with Crippen LogP contribution >= 0.6 is 34.8 Å². The molecule has 2 aromatic rings. The molecule has 0 saturated carbocycles. The summed E-state index contributed by atoms with van der Waals surface area (Å²) in [5.74, 6) is 0. The van der Waals surface area contributed by atoms with Gasteiger partial charge in [0.05, 0.1) is 20.6 Å². The van der Waals surface area contributed by atoms with E-state index in [0.29, 0.717) is 0 Å². The molecule has 0 spiro atoms. The minimum absolute atomic E-state index is 0.000697. The first-order chi connectivity index (χ1) is 10.8. The molecule has 0 heterocycles. The fourth-order valence-corrected chi connectivity index (χ4v) is 4.53. The SMILES string of the molecule is CC(C(=O)Cl)N(c1c(Cl)cccc1Cl)S(=O)(=O)c1ccccc1. The van der Waals surface area contributed by atoms with E-state index in [1.54, 1.807) is 24.3 Å². The molecule has 0 N–H and O–H groups in total. The van der Waals surface area contributed by atoms with Gasteiger partial charge in [-0.2, -0.15) is 0 Å². The summed E-state index contributed by atoms with van der Waals surface area (Å²) >= 11 is 17.8. The van der Waals surface area contributed by atoms with Crippen molar-refractivity contribution in [1.82, 2.24) is 0 Å². The number of halogens is 3. The maximum atomic E-state index is 13.0. The van der Waals surface area contributed by atoms with E-state index in [9.17, 15) is 13.2 Å². The van der Waals surface area contributed by atoms with Gasteiger partial charge in [0.2, 0.25) is 5.24 Å². The predicted molar refractivity (Wildman–Crippen MR) is 92.9 cm³/mol. The van der Waals surface area contributed by atoms with Crippen molar-refractivity contribution in [2.24, 2.45) is 0 Å². The van der Waals surface area contributed by atoms with Gasteiger partial charge in [0.15, 0.2) is 0 Å². The van der Waals surface area contributed by atoms with Crippen molar-refractivity contribution >= 4 is 55.8 Å². The molecule has 2 aromatic carbocycles. The Morgan fingerprint density at radius 1 is 1.00 bits per heavy atom. The van der Waals surface area contributed by atoms with Crippen LogP contribution < -0.4 is 4.31 Å². The van der Waals surface area contributed by atoms with Gasteiger partial charge in [-0.3, -0.25) is 9.10 Å². The second kappa shape index (κ2) is 7.09. The molecule has 0 aliphatic rings. The van der Waals surface area contributed by atoms with Gasteiger partial charge >= 0.3 is 0 Å². The van der Waals surface area contributed by atoms with E-state index in [2.05, 4.69) is 0 Å². The van der Waals surface area contributed by atoms with Crippen LogP contribution in [0.2, 0.25) is 10.0 Å². The lowest BCUT2D eigenvalue weighted by atomic mass is 10.3. The van der Waals surface area contributed by atoms with Crippen molar-refractivity contribution < 1.29 is 13.2 Å². The van der Waals surface area contributed by atoms with Gasteiger partial charge in [0.1, 0.15) is 6.04 Å². The summed E-state index contributed by atoms with van der Waals surface area (Å²) in [7, 11) is -4.08. The Morgan fingerprint density at radius 3 is 2.00 bits per heavy atom. The van der Waals surface area contributed by atoms with Crippen molar-refractivity contribution in [3.8, 4) is 0 Å². The fraction of sp³-hybridized carbons (Fsp3) is 0.133. The largest absolute Gasteiger partial charge is 0.279 e. The Morgan fingerprint density at radius 2 is 1.52 bits per heavy atom. The monoisotopic (exact) mass is 391 g/mol. The normalized spacial score (nSPS) is 12.7. The second-order valence-corrected chi connectivity index (χ2v) is 7.67. The van der Waals surface area contributed by atoms with Crippen molar-refractivity contribution in [3.63, 3.8) is 0 Å². The number of rotatable bonds is 5. The third-order valence-corrected chi connectivity index (χ3v) is 5.95. The standard InChI is InChI=1S/C15H12Cl3NO3S/c1-10(15(18)20)19(14-12(16)8-5-9-13(14)17)23(21,22)11-6-3-2-4-7-11/h2-10H,1H3. The zero-order chi connectivity index (χ0) is 17.2. The van der Waals surface area contributed by atoms with E-state index >= 15 is 0 Å². The summed E-state index contributed by atoms with van der Waals surface area (Å²) in [6, 6.07) is 11.0. The highest BCUT2D eigenvalue weighted by Gasteiger charge is 2.35. The van der Waals surface area contributed by atoms with E-state index in [1.807, 2.05) is 0 Å². The molecule has 0 aliphatic carbocycles. The minimum atomic E-state index is -4.08. The van der Waals surface area contributed by atoms with Crippen molar-refractivity contribution in [1.29, 1.82) is 0 Å². The fourth-order valence-electron chi connectivity index (χ4n) is 2.02. The van der Waals surface area contributed by atoms with Crippen LogP contribution in [0.25, 0.3) is 0 Å². The predicted octanol–water partition coefficient (Wildman–Crippen LogP) is 4.34. The van der Waals surface area contributed by atoms with E-state index in [1.165, 1.54) is 31.2 Å². The first-order valence-corrected chi connectivity index (χ1v) is 9.07. The summed E-state index contributed by atoms with van der Waals surface area (Å²) in [5, 5.41) is -0.649. The van der Waals surface area contributed by atoms with E-state index in [4.69, 9.17) is 34.8 Å². The number of sulfonamides is 1. The molecule has 1 atom stereocenters. The average Bonchev–Trinajstić information content (AvgIpc) is 2.51. The number of para-hydroxylation sites is 1. The van der Waals surface area contributed by atoms with Crippen molar-refractivity contribution in [2.75, 3.05) is 4.31 Å². The lowest BCUT2D eigenvalue weighted by molar-refractivity contribution is -0.112. The molecule has 0 saturated heterocycles. The molecule has 0 aromatic heterocycles. The Kier molecular flexibility index (Phi) is 5.57. The van der Waals surface area contributed by atoms with Crippen LogP contribution in [0.3, 0.4) is 0 Å². The third kappa shape index (κ3) is 3.63. The highest BCUT2D eigenvalue weighted by Crippen LogP contribution is 2.38. The molecule has 23 heavy (non-hydrogen) atoms.